The molecule has 23 rings (SSSR count). The van der Waals surface area contributed by atoms with Crippen molar-refractivity contribution in [1.82, 2.24) is 44.9 Å². The summed E-state index contributed by atoms with van der Waals surface area (Å²) in [7, 11) is 0. The summed E-state index contributed by atoms with van der Waals surface area (Å²) >= 11 is 0. The van der Waals surface area contributed by atoms with Gasteiger partial charge in [0.1, 0.15) is 0 Å². The van der Waals surface area contributed by atoms with Gasteiger partial charge >= 0.3 is 0 Å². The van der Waals surface area contributed by atoms with Gasteiger partial charge in [0.25, 0.3) is 0 Å². The highest BCUT2D eigenvalue weighted by atomic mass is 14.9. The van der Waals surface area contributed by atoms with Gasteiger partial charge in [-0.25, -0.2) is 44.9 Å². The number of hydrogen-bond donors (Lipinski definition) is 0. The lowest BCUT2D eigenvalue weighted by atomic mass is 9.90. The molecular formula is C129H95N9. The van der Waals surface area contributed by atoms with E-state index < -0.39 is 0 Å². The molecule has 0 unspecified atom stereocenters. The van der Waals surface area contributed by atoms with E-state index in [1.54, 1.807) is 0 Å². The number of pyridine rings is 3. The Balaban J connectivity index is 0.000000124. The minimum Gasteiger partial charge on any atom is -0.248 e. The number of aryl methyl sites for hydroxylation is 6. The van der Waals surface area contributed by atoms with Gasteiger partial charge in [0.2, 0.25) is 0 Å². The monoisotopic (exact) mass is 1770 g/mol. The number of nitrogens with zero attached hydrogens (tertiary/aromatic N) is 9. The topological polar surface area (TPSA) is 116 Å². The Morgan fingerprint density at radius 1 is 0.116 bits per heavy atom. The molecule has 9 heteroatoms. The highest BCUT2D eigenvalue weighted by Crippen LogP contribution is 2.44. The van der Waals surface area contributed by atoms with Gasteiger partial charge in [0, 0.05) is 84.2 Å². The molecule has 0 aliphatic carbocycles. The quantitative estimate of drug-likeness (QED) is 0.0879. The van der Waals surface area contributed by atoms with Crippen molar-refractivity contribution in [3.05, 3.63) is 501 Å². The van der Waals surface area contributed by atoms with Crippen molar-refractivity contribution >= 4 is 32.3 Å². The van der Waals surface area contributed by atoms with Crippen molar-refractivity contribution in [2.75, 3.05) is 0 Å². The minimum absolute atomic E-state index is 0.733. The fourth-order valence-corrected chi connectivity index (χ4v) is 18.5. The van der Waals surface area contributed by atoms with Gasteiger partial charge in [0.05, 0.1) is 34.2 Å². The summed E-state index contributed by atoms with van der Waals surface area (Å²) in [4.78, 5) is 44.1. The largest absolute Gasteiger partial charge is 0.248 e. The van der Waals surface area contributed by atoms with E-state index in [9.17, 15) is 0 Å². The van der Waals surface area contributed by atoms with Crippen LogP contribution in [0.15, 0.2) is 467 Å². The van der Waals surface area contributed by atoms with Crippen LogP contribution in [0, 0.1) is 41.5 Å². The number of aromatic nitrogens is 9. The van der Waals surface area contributed by atoms with Crippen LogP contribution in [-0.4, -0.2) is 44.9 Å². The Morgan fingerprint density at radius 3 is 0.652 bits per heavy atom. The van der Waals surface area contributed by atoms with Gasteiger partial charge in [-0.15, -0.1) is 0 Å². The van der Waals surface area contributed by atoms with Gasteiger partial charge in [0.15, 0.2) is 17.5 Å². The van der Waals surface area contributed by atoms with Crippen LogP contribution in [0.1, 0.15) is 34.2 Å². The van der Waals surface area contributed by atoms with Gasteiger partial charge in [-0.2, -0.15) is 0 Å². The molecular weight excluding hydrogens is 1680 g/mol. The second-order valence-electron chi connectivity index (χ2n) is 35.2. The summed E-state index contributed by atoms with van der Waals surface area (Å²) in [5.74, 6) is 2.22. The third-order valence-corrected chi connectivity index (χ3v) is 25.1. The third kappa shape index (κ3) is 19.6. The SMILES string of the molecule is Cc1cc(C)nc(-c2cc(-c3cc(-c4ccccc4)nc(-c4ccccc4)c3)cc(-c3cccc4ccccc34)c2)n1.Cc1cc(C)nc(-c2cccc(-c3cc(-c4cc(-c5ccccc5)nc(-c5ccccc5)c4)cc(-c4ccc5ccccc5c4)c3)c2)n1.Cc1cc(C)nc(-c2cccc(-c3cc(-c4cc(-c5ccccc5)nc(-c5ccccc5)c4)cc(-c4cccc5ccccc45)c3)c2)n1. The average molecular weight is 1770 g/mol. The molecule has 6 aromatic heterocycles. The molecule has 6 heterocycles. The van der Waals surface area contributed by atoms with Crippen LogP contribution >= 0.6 is 0 Å². The highest BCUT2D eigenvalue weighted by Gasteiger charge is 2.21. The molecule has 23 aromatic rings. The van der Waals surface area contributed by atoms with E-state index in [0.717, 1.165) is 208 Å². The second kappa shape index (κ2) is 39.2. The van der Waals surface area contributed by atoms with E-state index in [4.69, 9.17) is 44.9 Å². The molecule has 0 spiro atoms. The molecule has 0 radical (unpaired) electrons. The number of rotatable bonds is 17. The van der Waals surface area contributed by atoms with Crippen LogP contribution in [0.25, 0.3) is 223 Å². The van der Waals surface area contributed by atoms with E-state index in [0.29, 0.717) is 0 Å². The van der Waals surface area contributed by atoms with E-state index in [1.165, 1.54) is 49.0 Å². The first-order chi connectivity index (χ1) is 67.7. The van der Waals surface area contributed by atoms with Crippen LogP contribution in [0.4, 0.5) is 0 Å². The van der Waals surface area contributed by atoms with Crippen LogP contribution in [0.3, 0.4) is 0 Å². The number of hydrogen-bond acceptors (Lipinski definition) is 9. The predicted octanol–water partition coefficient (Wildman–Crippen LogP) is 33.3. The Kier molecular flexibility index (Phi) is 24.7. The lowest BCUT2D eigenvalue weighted by molar-refractivity contribution is 1.06. The van der Waals surface area contributed by atoms with Gasteiger partial charge in [-0.05, 0) is 290 Å². The summed E-state index contributed by atoms with van der Waals surface area (Å²) < 4.78 is 0. The normalized spacial score (nSPS) is 11.1. The first kappa shape index (κ1) is 86.9. The number of benzene rings is 17. The van der Waals surface area contributed by atoms with Crippen molar-refractivity contribution in [1.29, 1.82) is 0 Å². The lowest BCUT2D eigenvalue weighted by Crippen LogP contribution is -1.96. The molecule has 0 atom stereocenters. The summed E-state index contributed by atoms with van der Waals surface area (Å²) in [6.07, 6.45) is 0. The van der Waals surface area contributed by atoms with Gasteiger partial charge in [-0.3, -0.25) is 0 Å². The standard InChI is InChI=1S/2C45H33N3.C39H29N3/c1-30-23-31(2)47-45(46-30)36-20-11-19-35(24-36)37-25-38(27-40(26-37)42-22-12-18-32-13-9-10-21-41(32)42)39-28-43(33-14-5-3-6-15-33)48-44(29-39)34-16-7-4-8-17-34;1-30-22-31(2)47-45(46-30)38-19-11-18-36(24-38)39-25-40(37-21-20-32-12-9-10-17-35(32)23-37)27-41(26-39)42-28-43(33-13-5-3-6-14-33)48-44(29-42)34-15-7-4-8-16-34;1-26-20-27(2)41-39(40-26)34-22-31(21-33(23-34)36-19-11-17-28-12-9-10-18-35(28)36)32-24-37(29-13-5-3-6-14-29)42-38(25-32)30-15-7-4-8-16-30/h2*3-29H,1-2H3;3-25H,1-2H3. The van der Waals surface area contributed by atoms with Crippen molar-refractivity contribution in [2.45, 2.75) is 41.5 Å². The Morgan fingerprint density at radius 2 is 0.326 bits per heavy atom. The molecule has 0 amide bonds. The van der Waals surface area contributed by atoms with Crippen LogP contribution in [-0.2, 0) is 0 Å². The van der Waals surface area contributed by atoms with Gasteiger partial charge in [-0.1, -0.05) is 340 Å². The summed E-state index contributed by atoms with van der Waals surface area (Å²) in [5.41, 5.74) is 39.0. The van der Waals surface area contributed by atoms with Crippen molar-refractivity contribution in [3.8, 4) is 191 Å². The maximum absolute atomic E-state index is 5.15. The zero-order valence-corrected chi connectivity index (χ0v) is 77.5. The summed E-state index contributed by atoms with van der Waals surface area (Å²) in [6.45, 7) is 12.1. The van der Waals surface area contributed by atoms with Crippen LogP contribution < -0.4 is 0 Å². The van der Waals surface area contributed by atoms with E-state index in [2.05, 4.69) is 413 Å². The second-order valence-corrected chi connectivity index (χ2v) is 35.2. The summed E-state index contributed by atoms with van der Waals surface area (Å²) in [5, 5.41) is 7.33. The zero-order chi connectivity index (χ0) is 93.4. The fraction of sp³-hybridized carbons (Fsp3) is 0.0465. The fourth-order valence-electron chi connectivity index (χ4n) is 18.5. The first-order valence-electron chi connectivity index (χ1n) is 46.7. The molecule has 17 aromatic carbocycles. The van der Waals surface area contributed by atoms with Crippen molar-refractivity contribution in [2.24, 2.45) is 0 Å². The highest BCUT2D eigenvalue weighted by molar-refractivity contribution is 6.01. The smallest absolute Gasteiger partial charge is 0.159 e. The molecule has 0 aliphatic rings. The van der Waals surface area contributed by atoms with E-state index >= 15 is 0 Å². The first-order valence-corrected chi connectivity index (χ1v) is 46.7. The summed E-state index contributed by atoms with van der Waals surface area (Å²) in [6, 6.07) is 165. The Labute approximate surface area is 805 Å². The lowest BCUT2D eigenvalue weighted by Gasteiger charge is -2.15. The number of fused-ring (bicyclic) bond motifs is 3. The van der Waals surface area contributed by atoms with Crippen molar-refractivity contribution in [3.63, 3.8) is 0 Å². The molecule has 9 nitrogen and oxygen atoms in total. The molecule has 656 valence electrons. The Hall–Kier alpha value is -17.8. The minimum atomic E-state index is 0.733. The molecule has 0 aliphatic heterocycles. The molecule has 0 N–H and O–H groups in total. The van der Waals surface area contributed by atoms with Crippen LogP contribution in [0.2, 0.25) is 0 Å². The predicted molar refractivity (Wildman–Crippen MR) is 573 cm³/mol. The van der Waals surface area contributed by atoms with E-state index in [1.807, 2.05) is 96.1 Å². The van der Waals surface area contributed by atoms with Crippen molar-refractivity contribution < 1.29 is 0 Å². The molecule has 0 bridgehead atoms. The maximum atomic E-state index is 5.15. The molecule has 0 fully saturated rings. The average Bonchev–Trinajstić information content (AvgIpc) is 0.836. The molecule has 0 saturated carbocycles. The molecule has 138 heavy (non-hydrogen) atoms. The van der Waals surface area contributed by atoms with E-state index in [-0.39, 0.29) is 0 Å². The van der Waals surface area contributed by atoms with Gasteiger partial charge < -0.3 is 0 Å². The maximum Gasteiger partial charge on any atom is 0.159 e. The molecule has 0 saturated heterocycles. The third-order valence-electron chi connectivity index (χ3n) is 25.1. The van der Waals surface area contributed by atoms with Crippen LogP contribution in [0.5, 0.6) is 0 Å². The Bertz CT molecular complexity index is 8190. The zero-order valence-electron chi connectivity index (χ0n) is 77.5.